The summed E-state index contributed by atoms with van der Waals surface area (Å²) in [6.45, 7) is 5.22. The summed E-state index contributed by atoms with van der Waals surface area (Å²) in [4.78, 5) is 6.98. The van der Waals surface area contributed by atoms with Crippen molar-refractivity contribution < 1.29 is 12.8 Å². The maximum atomic E-state index is 13.2. The van der Waals surface area contributed by atoms with E-state index in [0.717, 1.165) is 50.5 Å². The molecule has 0 atom stereocenters. The second kappa shape index (κ2) is 9.56. The Balaban J connectivity index is 1.25. The van der Waals surface area contributed by atoms with Gasteiger partial charge in [-0.25, -0.2) is 4.39 Å². The third kappa shape index (κ3) is 4.69. The summed E-state index contributed by atoms with van der Waals surface area (Å²) < 4.78 is 42.6. The zero-order valence-corrected chi connectivity index (χ0v) is 19.7. The Morgan fingerprint density at radius 3 is 2.26 bits per heavy atom. The molecule has 34 heavy (non-hydrogen) atoms. The summed E-state index contributed by atoms with van der Waals surface area (Å²) in [5, 5.41) is 0. The molecule has 1 saturated heterocycles. The van der Waals surface area contributed by atoms with E-state index in [9.17, 15) is 12.8 Å². The van der Waals surface area contributed by atoms with Gasteiger partial charge in [0, 0.05) is 49.7 Å². The predicted molar refractivity (Wildman–Crippen MR) is 134 cm³/mol. The molecule has 3 aromatic rings. The quantitative estimate of drug-likeness (QED) is 0.536. The molecule has 3 aromatic carbocycles. The predicted octanol–water partition coefficient (Wildman–Crippen LogP) is 3.99. The molecular formula is C26H27FN4O2S. The number of halogens is 1. The number of amidine groups is 1. The lowest BCUT2D eigenvalue weighted by Crippen LogP contribution is -2.47. The van der Waals surface area contributed by atoms with Gasteiger partial charge in [0.1, 0.15) is 10.7 Å². The zero-order chi connectivity index (χ0) is 23.5. The highest BCUT2D eigenvalue weighted by molar-refractivity contribution is 7.90. The average molecular weight is 479 g/mol. The molecular weight excluding hydrogens is 451 g/mol. The summed E-state index contributed by atoms with van der Waals surface area (Å²) in [7, 11) is -3.68. The van der Waals surface area contributed by atoms with Crippen LogP contribution in [0.2, 0.25) is 0 Å². The maximum absolute atomic E-state index is 13.2. The SMILES string of the molecule is O=S1(=O)N=C(N(CCCN2CCN(c3ccc(F)cc3)CC2)c2ccccc2)c2ccccc21. The van der Waals surface area contributed by atoms with Crippen LogP contribution in [0.5, 0.6) is 0 Å². The van der Waals surface area contributed by atoms with Gasteiger partial charge in [0.25, 0.3) is 10.0 Å². The first kappa shape index (κ1) is 22.6. The van der Waals surface area contributed by atoms with Gasteiger partial charge in [-0.2, -0.15) is 8.42 Å². The van der Waals surface area contributed by atoms with Gasteiger partial charge in [-0.15, -0.1) is 4.40 Å². The van der Waals surface area contributed by atoms with Crippen LogP contribution < -0.4 is 9.80 Å². The van der Waals surface area contributed by atoms with Crippen LogP contribution in [0, 0.1) is 5.82 Å². The number of hydrogen-bond donors (Lipinski definition) is 0. The summed E-state index contributed by atoms with van der Waals surface area (Å²) in [6.07, 6.45) is 0.868. The Morgan fingerprint density at radius 2 is 1.53 bits per heavy atom. The van der Waals surface area contributed by atoms with Crippen LogP contribution in [-0.2, 0) is 10.0 Å². The van der Waals surface area contributed by atoms with Crippen molar-refractivity contribution in [2.45, 2.75) is 11.3 Å². The van der Waals surface area contributed by atoms with Gasteiger partial charge in [0.05, 0.1) is 0 Å². The number of fused-ring (bicyclic) bond motifs is 1. The third-order valence-corrected chi connectivity index (χ3v) is 7.68. The Labute approximate surface area is 200 Å². The van der Waals surface area contributed by atoms with Crippen molar-refractivity contribution in [3.63, 3.8) is 0 Å². The Morgan fingerprint density at radius 1 is 0.853 bits per heavy atom. The van der Waals surface area contributed by atoms with Crippen LogP contribution in [0.3, 0.4) is 0 Å². The molecule has 2 heterocycles. The van der Waals surface area contributed by atoms with Crippen molar-refractivity contribution in [1.82, 2.24) is 4.90 Å². The van der Waals surface area contributed by atoms with Crippen molar-refractivity contribution in [3.8, 4) is 0 Å². The fourth-order valence-electron chi connectivity index (χ4n) is 4.58. The van der Waals surface area contributed by atoms with E-state index in [2.05, 4.69) is 14.2 Å². The smallest absolute Gasteiger partial charge is 0.285 e. The number of piperazine rings is 1. The first-order chi connectivity index (χ1) is 16.5. The van der Waals surface area contributed by atoms with Gasteiger partial charge in [0.2, 0.25) is 0 Å². The van der Waals surface area contributed by atoms with Crippen LogP contribution in [0.4, 0.5) is 15.8 Å². The van der Waals surface area contributed by atoms with E-state index in [1.54, 1.807) is 12.1 Å². The summed E-state index contributed by atoms with van der Waals surface area (Å²) in [5.74, 6) is 0.274. The molecule has 0 N–H and O–H groups in total. The second-order valence-corrected chi connectivity index (χ2v) is 10.1. The van der Waals surface area contributed by atoms with Crippen molar-refractivity contribution >= 4 is 27.2 Å². The number of rotatable bonds is 6. The molecule has 0 amide bonds. The highest BCUT2D eigenvalue weighted by Gasteiger charge is 2.32. The normalized spacial score (nSPS) is 17.3. The fourth-order valence-corrected chi connectivity index (χ4v) is 5.79. The van der Waals surface area contributed by atoms with Crippen LogP contribution in [0.15, 0.2) is 88.2 Å². The molecule has 0 bridgehead atoms. The highest BCUT2D eigenvalue weighted by Crippen LogP contribution is 2.30. The van der Waals surface area contributed by atoms with E-state index in [0.29, 0.717) is 17.9 Å². The standard InChI is InChI=1S/C26H27FN4O2S/c27-21-11-13-22(14-12-21)30-19-17-29(18-20-30)15-6-16-31(23-7-2-1-3-8-23)26-24-9-4-5-10-25(24)34(32,33)28-26/h1-5,7-14H,6,15-20H2. The van der Waals surface area contributed by atoms with E-state index in [4.69, 9.17) is 0 Å². The van der Waals surface area contributed by atoms with Gasteiger partial charge in [-0.3, -0.25) is 4.90 Å². The molecule has 0 saturated carbocycles. The number of para-hydroxylation sites is 1. The van der Waals surface area contributed by atoms with Crippen LogP contribution in [0.25, 0.3) is 0 Å². The highest BCUT2D eigenvalue weighted by atomic mass is 32.2. The van der Waals surface area contributed by atoms with Gasteiger partial charge in [0.15, 0.2) is 5.84 Å². The third-order valence-electron chi connectivity index (χ3n) is 6.36. The molecule has 0 aromatic heterocycles. The van der Waals surface area contributed by atoms with Crippen LogP contribution >= 0.6 is 0 Å². The number of nitrogens with zero attached hydrogens (tertiary/aromatic N) is 4. The summed E-state index contributed by atoms with van der Waals surface area (Å²) >= 11 is 0. The van der Waals surface area contributed by atoms with E-state index < -0.39 is 10.0 Å². The lowest BCUT2D eigenvalue weighted by atomic mass is 10.1. The number of hydrogen-bond acceptors (Lipinski definition) is 5. The monoisotopic (exact) mass is 478 g/mol. The Bertz CT molecular complexity index is 1270. The first-order valence-corrected chi connectivity index (χ1v) is 13.0. The van der Waals surface area contributed by atoms with Crippen molar-refractivity contribution in [2.24, 2.45) is 4.40 Å². The fraction of sp³-hybridized carbons (Fsp3) is 0.269. The number of sulfonamides is 1. The lowest BCUT2D eigenvalue weighted by molar-refractivity contribution is 0.256. The molecule has 2 aliphatic rings. The molecule has 0 radical (unpaired) electrons. The Hall–Kier alpha value is -3.23. The maximum Gasteiger partial charge on any atom is 0.285 e. The number of anilines is 2. The molecule has 0 aliphatic carbocycles. The molecule has 2 aliphatic heterocycles. The van der Waals surface area contributed by atoms with E-state index >= 15 is 0 Å². The van der Waals surface area contributed by atoms with Crippen molar-refractivity contribution in [2.75, 3.05) is 49.1 Å². The zero-order valence-electron chi connectivity index (χ0n) is 18.8. The van der Waals surface area contributed by atoms with Crippen LogP contribution in [0.1, 0.15) is 12.0 Å². The number of benzene rings is 3. The molecule has 5 rings (SSSR count). The topological polar surface area (TPSA) is 56.2 Å². The van der Waals surface area contributed by atoms with Crippen LogP contribution in [-0.4, -0.2) is 58.4 Å². The van der Waals surface area contributed by atoms with Crippen molar-refractivity contribution in [1.29, 1.82) is 0 Å². The largest absolute Gasteiger partial charge is 0.369 e. The summed E-state index contributed by atoms with van der Waals surface area (Å²) in [5.41, 5.74) is 2.63. The molecule has 6 nitrogen and oxygen atoms in total. The second-order valence-electron chi connectivity index (χ2n) is 8.53. The molecule has 0 unspecified atom stereocenters. The van der Waals surface area contributed by atoms with E-state index in [-0.39, 0.29) is 10.7 Å². The molecule has 1 fully saturated rings. The van der Waals surface area contributed by atoms with Gasteiger partial charge >= 0.3 is 0 Å². The Kier molecular flexibility index (Phi) is 6.34. The van der Waals surface area contributed by atoms with Gasteiger partial charge in [-0.1, -0.05) is 30.3 Å². The van der Waals surface area contributed by atoms with Gasteiger partial charge < -0.3 is 9.80 Å². The minimum Gasteiger partial charge on any atom is -0.369 e. The molecule has 176 valence electrons. The summed E-state index contributed by atoms with van der Waals surface area (Å²) in [6, 6.07) is 23.5. The lowest BCUT2D eigenvalue weighted by Gasteiger charge is -2.36. The average Bonchev–Trinajstić information content (AvgIpc) is 3.14. The minimum absolute atomic E-state index is 0.215. The minimum atomic E-state index is -3.68. The first-order valence-electron chi connectivity index (χ1n) is 11.5. The molecule has 0 spiro atoms. The van der Waals surface area contributed by atoms with Gasteiger partial charge in [-0.05, 0) is 61.5 Å². The van der Waals surface area contributed by atoms with E-state index in [1.807, 2.05) is 59.5 Å². The van der Waals surface area contributed by atoms with E-state index in [1.165, 1.54) is 12.1 Å². The van der Waals surface area contributed by atoms with Crippen molar-refractivity contribution in [3.05, 3.63) is 90.2 Å². The molecule has 8 heteroatoms.